The summed E-state index contributed by atoms with van der Waals surface area (Å²) in [6, 6.07) is 17.9. The van der Waals surface area contributed by atoms with Gasteiger partial charge < -0.3 is 5.32 Å². The summed E-state index contributed by atoms with van der Waals surface area (Å²) in [7, 11) is 0. The van der Waals surface area contributed by atoms with Gasteiger partial charge in [-0.1, -0.05) is 48.5 Å². The highest BCUT2D eigenvalue weighted by molar-refractivity contribution is 5.85. The average Bonchev–Trinajstić information content (AvgIpc) is 2.62. The number of nitro benzene ring substituents is 1. The molecule has 1 N–H and O–H groups in total. The van der Waals surface area contributed by atoms with E-state index in [9.17, 15) is 10.1 Å². The van der Waals surface area contributed by atoms with Gasteiger partial charge in [-0.2, -0.15) is 0 Å². The number of para-hydroxylation sites is 1. The summed E-state index contributed by atoms with van der Waals surface area (Å²) in [5.41, 5.74) is 2.31. The maximum Gasteiger partial charge on any atom is 0.273 e. The Balaban J connectivity index is 0.00000169. The molecule has 2 aromatic carbocycles. The number of nitro groups is 1. The van der Waals surface area contributed by atoms with Crippen molar-refractivity contribution in [1.82, 2.24) is 10.2 Å². The number of likely N-dealkylation sites (tertiary alicyclic amines) is 1. The van der Waals surface area contributed by atoms with Gasteiger partial charge in [-0.25, -0.2) is 0 Å². The zero-order valence-corrected chi connectivity index (χ0v) is 16.2. The first kappa shape index (κ1) is 22.4. The minimum atomic E-state index is -0.306. The zero-order chi connectivity index (χ0) is 16.8. The molecule has 1 aliphatic heterocycles. The molecule has 2 aromatic rings. The van der Waals surface area contributed by atoms with Crippen molar-refractivity contribution in [3.05, 3.63) is 75.8 Å². The van der Waals surface area contributed by atoms with E-state index in [1.54, 1.807) is 12.1 Å². The van der Waals surface area contributed by atoms with Crippen LogP contribution in [0.25, 0.3) is 0 Å². The molecule has 1 heterocycles. The molecule has 0 radical (unpaired) electrons. The van der Waals surface area contributed by atoms with Crippen molar-refractivity contribution >= 4 is 30.5 Å². The number of rotatable bonds is 6. The number of nitrogens with zero attached hydrogens (tertiary/aromatic N) is 2. The minimum absolute atomic E-state index is 0. The molecule has 26 heavy (non-hydrogen) atoms. The van der Waals surface area contributed by atoms with Gasteiger partial charge in [-0.05, 0) is 31.5 Å². The van der Waals surface area contributed by atoms with Gasteiger partial charge in [-0.3, -0.25) is 15.0 Å². The predicted molar refractivity (Wildman–Crippen MR) is 109 cm³/mol. The fraction of sp³-hybridized carbons (Fsp3) is 0.368. The van der Waals surface area contributed by atoms with Gasteiger partial charge in [0.25, 0.3) is 5.69 Å². The number of hydrogen-bond donors (Lipinski definition) is 1. The number of benzene rings is 2. The van der Waals surface area contributed by atoms with E-state index in [1.807, 2.05) is 18.2 Å². The molecule has 0 saturated carbocycles. The predicted octanol–water partition coefficient (Wildman–Crippen LogP) is 4.19. The molecule has 5 nitrogen and oxygen atoms in total. The van der Waals surface area contributed by atoms with Crippen LogP contribution in [0, 0.1) is 10.1 Å². The number of piperidine rings is 1. The Morgan fingerprint density at radius 2 is 1.62 bits per heavy atom. The highest BCUT2D eigenvalue weighted by Gasteiger charge is 2.20. The molecular weight excluding hydrogens is 373 g/mol. The molecule has 0 amide bonds. The lowest BCUT2D eigenvalue weighted by atomic mass is 10.0. The third kappa shape index (κ3) is 6.25. The van der Waals surface area contributed by atoms with Crippen LogP contribution in [0.3, 0.4) is 0 Å². The van der Waals surface area contributed by atoms with Crippen molar-refractivity contribution in [3.63, 3.8) is 0 Å². The SMILES string of the molecule is Cl.Cl.O=[N+]([O-])c1ccccc1CNC1CCN(Cc2ccccc2)CC1. The van der Waals surface area contributed by atoms with Crippen LogP contribution in [0.5, 0.6) is 0 Å². The first-order valence-corrected chi connectivity index (χ1v) is 8.44. The molecule has 0 atom stereocenters. The Hall–Kier alpha value is -1.66. The Morgan fingerprint density at radius 1 is 1.00 bits per heavy atom. The number of hydrogen-bond acceptors (Lipinski definition) is 4. The van der Waals surface area contributed by atoms with Gasteiger partial charge in [-0.15, -0.1) is 24.8 Å². The van der Waals surface area contributed by atoms with Crippen LogP contribution in [0.15, 0.2) is 54.6 Å². The lowest BCUT2D eigenvalue weighted by Gasteiger charge is -2.32. The molecule has 3 rings (SSSR count). The standard InChI is InChI=1S/C19H23N3O2.2ClH/c23-22(24)19-9-5-4-8-17(19)14-20-18-10-12-21(13-11-18)15-16-6-2-1-3-7-16;;/h1-9,18,20H,10-15H2;2*1H. The third-order valence-corrected chi connectivity index (χ3v) is 4.61. The van der Waals surface area contributed by atoms with Gasteiger partial charge >= 0.3 is 0 Å². The van der Waals surface area contributed by atoms with Crippen LogP contribution in [0.4, 0.5) is 5.69 Å². The van der Waals surface area contributed by atoms with Gasteiger partial charge in [0, 0.05) is 30.8 Å². The zero-order valence-electron chi connectivity index (χ0n) is 14.5. The Morgan fingerprint density at radius 3 is 2.27 bits per heavy atom. The second-order valence-corrected chi connectivity index (χ2v) is 6.30. The van der Waals surface area contributed by atoms with E-state index in [0.29, 0.717) is 12.6 Å². The normalized spacial score (nSPS) is 14.9. The lowest BCUT2D eigenvalue weighted by Crippen LogP contribution is -2.41. The largest absolute Gasteiger partial charge is 0.310 e. The van der Waals surface area contributed by atoms with Crippen molar-refractivity contribution in [2.45, 2.75) is 32.0 Å². The van der Waals surface area contributed by atoms with E-state index in [2.05, 4.69) is 34.5 Å². The van der Waals surface area contributed by atoms with Crippen molar-refractivity contribution < 1.29 is 4.92 Å². The molecular formula is C19H25Cl2N3O2. The summed E-state index contributed by atoms with van der Waals surface area (Å²) in [5, 5.41) is 14.5. The molecule has 0 spiro atoms. The van der Waals surface area contributed by atoms with Crippen LogP contribution < -0.4 is 5.32 Å². The fourth-order valence-electron chi connectivity index (χ4n) is 3.23. The van der Waals surface area contributed by atoms with Crippen LogP contribution >= 0.6 is 24.8 Å². The van der Waals surface area contributed by atoms with Crippen LogP contribution in [0.2, 0.25) is 0 Å². The molecule has 0 unspecified atom stereocenters. The summed E-state index contributed by atoms with van der Waals surface area (Å²) in [4.78, 5) is 13.2. The van der Waals surface area contributed by atoms with Crippen molar-refractivity contribution in [2.24, 2.45) is 0 Å². The first-order chi connectivity index (χ1) is 11.7. The molecule has 0 bridgehead atoms. The van der Waals surface area contributed by atoms with Crippen LogP contribution in [-0.2, 0) is 13.1 Å². The van der Waals surface area contributed by atoms with E-state index in [0.717, 1.165) is 38.0 Å². The third-order valence-electron chi connectivity index (χ3n) is 4.61. The van der Waals surface area contributed by atoms with Gasteiger partial charge in [0.2, 0.25) is 0 Å². The van der Waals surface area contributed by atoms with Crippen molar-refractivity contribution in [3.8, 4) is 0 Å². The summed E-state index contributed by atoms with van der Waals surface area (Å²) in [6.07, 6.45) is 2.15. The summed E-state index contributed by atoms with van der Waals surface area (Å²) >= 11 is 0. The number of nitrogens with one attached hydrogen (secondary N) is 1. The second-order valence-electron chi connectivity index (χ2n) is 6.30. The Kier molecular flexibility index (Phi) is 9.59. The van der Waals surface area contributed by atoms with E-state index >= 15 is 0 Å². The highest BCUT2D eigenvalue weighted by atomic mass is 35.5. The monoisotopic (exact) mass is 397 g/mol. The van der Waals surface area contributed by atoms with E-state index in [1.165, 1.54) is 5.56 Å². The average molecular weight is 398 g/mol. The maximum atomic E-state index is 11.1. The van der Waals surface area contributed by atoms with E-state index < -0.39 is 0 Å². The van der Waals surface area contributed by atoms with Crippen molar-refractivity contribution in [2.75, 3.05) is 13.1 Å². The van der Waals surface area contributed by atoms with E-state index in [4.69, 9.17) is 0 Å². The van der Waals surface area contributed by atoms with Crippen LogP contribution in [-0.4, -0.2) is 29.0 Å². The van der Waals surface area contributed by atoms with Gasteiger partial charge in [0.05, 0.1) is 4.92 Å². The molecule has 1 saturated heterocycles. The fourth-order valence-corrected chi connectivity index (χ4v) is 3.23. The van der Waals surface area contributed by atoms with Gasteiger partial charge in [0.1, 0.15) is 0 Å². The summed E-state index contributed by atoms with van der Waals surface area (Å²) in [5.74, 6) is 0. The Bertz CT molecular complexity index is 677. The lowest BCUT2D eigenvalue weighted by molar-refractivity contribution is -0.385. The van der Waals surface area contributed by atoms with Crippen LogP contribution in [0.1, 0.15) is 24.0 Å². The molecule has 7 heteroatoms. The highest BCUT2D eigenvalue weighted by Crippen LogP contribution is 2.19. The number of halogens is 2. The second kappa shape index (κ2) is 11.1. The Labute approximate surface area is 166 Å². The molecule has 0 aliphatic carbocycles. The maximum absolute atomic E-state index is 11.1. The van der Waals surface area contributed by atoms with Gasteiger partial charge in [0.15, 0.2) is 0 Å². The minimum Gasteiger partial charge on any atom is -0.310 e. The summed E-state index contributed by atoms with van der Waals surface area (Å²) in [6.45, 7) is 3.67. The topological polar surface area (TPSA) is 58.4 Å². The quantitative estimate of drug-likeness (QED) is 0.586. The molecule has 0 aromatic heterocycles. The van der Waals surface area contributed by atoms with Crippen molar-refractivity contribution in [1.29, 1.82) is 0 Å². The molecule has 1 fully saturated rings. The molecule has 142 valence electrons. The molecule has 1 aliphatic rings. The summed E-state index contributed by atoms with van der Waals surface area (Å²) < 4.78 is 0. The first-order valence-electron chi connectivity index (χ1n) is 8.44. The van der Waals surface area contributed by atoms with E-state index in [-0.39, 0.29) is 35.4 Å². The smallest absolute Gasteiger partial charge is 0.273 e.